The Morgan fingerprint density at radius 2 is 1.66 bits per heavy atom. The molecule has 0 bridgehead atoms. The molecule has 1 aromatic carbocycles. The van der Waals surface area contributed by atoms with Crippen LogP contribution in [0.2, 0.25) is 0 Å². The van der Waals surface area contributed by atoms with Gasteiger partial charge in [0.05, 0.1) is 23.1 Å². The Morgan fingerprint density at radius 3 is 2.25 bits per heavy atom. The molecular formula is C28H32F8N6O2. The third kappa shape index (κ3) is 7.67. The molecule has 0 aliphatic heterocycles. The fourth-order valence-electron chi connectivity index (χ4n) is 5.38. The van der Waals surface area contributed by atoms with Crippen LogP contribution >= 0.6 is 0 Å². The number of nitrogens with zero attached hydrogens (tertiary/aromatic N) is 3. The van der Waals surface area contributed by atoms with Crippen LogP contribution < -0.4 is 10.6 Å². The van der Waals surface area contributed by atoms with Crippen LogP contribution in [-0.2, 0) is 4.79 Å². The average Bonchev–Trinajstić information content (AvgIpc) is 3.56. The van der Waals surface area contributed by atoms with E-state index >= 15 is 0 Å². The SMILES string of the molecule is CC(C)n1nccc1C(=O)N[C@H](c1nc2ccc([C@@H](C)NC(=O)CC(C(F)(F)F)C(F)(F)F)cc2[nH]1)C1CCC(F)(F)CC1. The lowest BCUT2D eigenvalue weighted by Crippen LogP contribution is -2.41. The topological polar surface area (TPSA) is 105 Å². The molecule has 1 aliphatic rings. The summed E-state index contributed by atoms with van der Waals surface area (Å²) in [5.74, 6) is -8.63. The molecular weight excluding hydrogens is 604 g/mol. The van der Waals surface area contributed by atoms with Crippen molar-refractivity contribution in [3.05, 3.63) is 47.5 Å². The highest BCUT2D eigenvalue weighted by atomic mass is 19.4. The van der Waals surface area contributed by atoms with Crippen molar-refractivity contribution < 1.29 is 44.7 Å². The quantitative estimate of drug-likeness (QED) is 0.221. The largest absolute Gasteiger partial charge is 0.400 e. The predicted octanol–water partition coefficient (Wildman–Crippen LogP) is 6.95. The minimum absolute atomic E-state index is 0.115. The summed E-state index contributed by atoms with van der Waals surface area (Å²) >= 11 is 0. The minimum atomic E-state index is -5.64. The Morgan fingerprint density at radius 1 is 1.02 bits per heavy atom. The van der Waals surface area contributed by atoms with Crippen LogP contribution in [0.25, 0.3) is 11.0 Å². The first kappa shape index (κ1) is 33.2. The molecule has 0 saturated heterocycles. The molecule has 2 amide bonds. The van der Waals surface area contributed by atoms with Gasteiger partial charge in [0.2, 0.25) is 11.8 Å². The number of aromatic amines is 1. The standard InChI is InChI=1S/C28H32F8N6O2/c1-14(2)42-20(8-11-37-42)25(44)41-23(16-6-9-26(29,30)10-7-16)24-39-18-5-4-17(12-19(18)40-24)15(3)38-22(43)13-21(27(31,32)33)28(34,35)36/h4-5,8,11-12,14-16,21,23H,6-7,9-10,13H2,1-3H3,(H,38,43)(H,39,40)(H,41,44)/t15-,23+/m1/s1. The Balaban J connectivity index is 1.57. The van der Waals surface area contributed by atoms with E-state index in [1.807, 2.05) is 13.8 Å². The second-order valence-corrected chi connectivity index (χ2v) is 11.4. The molecule has 44 heavy (non-hydrogen) atoms. The number of fused-ring (bicyclic) bond motifs is 1. The Hall–Kier alpha value is -3.72. The van der Waals surface area contributed by atoms with Crippen LogP contribution in [0.3, 0.4) is 0 Å². The predicted molar refractivity (Wildman–Crippen MR) is 143 cm³/mol. The molecule has 2 heterocycles. The van der Waals surface area contributed by atoms with Crippen molar-refractivity contribution in [2.75, 3.05) is 0 Å². The number of hydrogen-bond acceptors (Lipinski definition) is 4. The second kappa shape index (κ2) is 12.3. The third-order valence-corrected chi connectivity index (χ3v) is 7.79. The Labute approximate surface area is 247 Å². The molecule has 3 N–H and O–H groups in total. The van der Waals surface area contributed by atoms with Crippen molar-refractivity contribution in [1.82, 2.24) is 30.4 Å². The van der Waals surface area contributed by atoms with E-state index in [9.17, 15) is 44.7 Å². The van der Waals surface area contributed by atoms with Gasteiger partial charge in [-0.1, -0.05) is 6.07 Å². The van der Waals surface area contributed by atoms with E-state index in [1.165, 1.54) is 42.1 Å². The van der Waals surface area contributed by atoms with Crippen LogP contribution in [0.5, 0.6) is 0 Å². The summed E-state index contributed by atoms with van der Waals surface area (Å²) in [7, 11) is 0. The zero-order valence-corrected chi connectivity index (χ0v) is 24.0. The summed E-state index contributed by atoms with van der Waals surface area (Å²) in [5, 5.41) is 9.25. The van der Waals surface area contributed by atoms with Crippen LogP contribution in [0.15, 0.2) is 30.5 Å². The maximum atomic E-state index is 14.0. The molecule has 2 aromatic heterocycles. The minimum Gasteiger partial charge on any atom is -0.350 e. The lowest BCUT2D eigenvalue weighted by molar-refractivity contribution is -0.284. The molecule has 1 fully saturated rings. The van der Waals surface area contributed by atoms with Gasteiger partial charge in [-0.2, -0.15) is 31.4 Å². The number of aromatic nitrogens is 4. The number of alkyl halides is 8. The summed E-state index contributed by atoms with van der Waals surface area (Å²) in [5.41, 5.74) is 1.43. The molecule has 3 aromatic rings. The van der Waals surface area contributed by atoms with Crippen molar-refractivity contribution in [2.45, 2.75) is 89.3 Å². The zero-order chi connectivity index (χ0) is 32.6. The molecule has 1 aliphatic carbocycles. The molecule has 0 spiro atoms. The normalized spacial score (nSPS) is 17.7. The van der Waals surface area contributed by atoms with Crippen molar-refractivity contribution >= 4 is 22.8 Å². The van der Waals surface area contributed by atoms with E-state index in [0.29, 0.717) is 16.6 Å². The number of halogens is 8. The number of H-pyrrole nitrogens is 1. The van der Waals surface area contributed by atoms with Gasteiger partial charge >= 0.3 is 12.4 Å². The molecule has 16 heteroatoms. The highest BCUT2D eigenvalue weighted by molar-refractivity contribution is 5.92. The maximum absolute atomic E-state index is 14.0. The monoisotopic (exact) mass is 636 g/mol. The zero-order valence-electron chi connectivity index (χ0n) is 24.0. The summed E-state index contributed by atoms with van der Waals surface area (Å²) in [4.78, 5) is 33.1. The molecule has 2 atom stereocenters. The fraction of sp³-hybridized carbons (Fsp3) is 0.571. The van der Waals surface area contributed by atoms with E-state index in [1.54, 1.807) is 0 Å². The highest BCUT2D eigenvalue weighted by Gasteiger charge is 2.57. The number of rotatable bonds is 9. The number of benzene rings is 1. The van der Waals surface area contributed by atoms with Crippen molar-refractivity contribution in [2.24, 2.45) is 11.8 Å². The smallest absolute Gasteiger partial charge is 0.350 e. The van der Waals surface area contributed by atoms with Crippen LogP contribution in [0, 0.1) is 11.8 Å². The van der Waals surface area contributed by atoms with Crippen LogP contribution in [0.4, 0.5) is 35.1 Å². The van der Waals surface area contributed by atoms with Crippen molar-refractivity contribution in [3.8, 4) is 0 Å². The van der Waals surface area contributed by atoms with Crippen molar-refractivity contribution in [1.29, 1.82) is 0 Å². The second-order valence-electron chi connectivity index (χ2n) is 11.4. The van der Waals surface area contributed by atoms with E-state index in [4.69, 9.17) is 0 Å². The molecule has 242 valence electrons. The third-order valence-electron chi connectivity index (χ3n) is 7.79. The number of hydrogen-bond donors (Lipinski definition) is 3. The van der Waals surface area contributed by atoms with Gasteiger partial charge in [0.1, 0.15) is 11.5 Å². The van der Waals surface area contributed by atoms with E-state index in [0.717, 1.165) is 0 Å². The highest BCUT2D eigenvalue weighted by Crippen LogP contribution is 2.42. The number of nitrogens with one attached hydrogen (secondary N) is 3. The first-order valence-corrected chi connectivity index (χ1v) is 14.0. The summed E-state index contributed by atoms with van der Waals surface area (Å²) < 4.78 is 107. The lowest BCUT2D eigenvalue weighted by Gasteiger charge is -2.33. The van der Waals surface area contributed by atoms with E-state index in [-0.39, 0.29) is 49.2 Å². The average molecular weight is 637 g/mol. The molecule has 8 nitrogen and oxygen atoms in total. The van der Waals surface area contributed by atoms with Crippen LogP contribution in [-0.4, -0.2) is 49.8 Å². The van der Waals surface area contributed by atoms with Crippen LogP contribution in [0.1, 0.15) is 92.9 Å². The Kier molecular flexibility index (Phi) is 9.31. The molecule has 1 saturated carbocycles. The molecule has 0 unspecified atom stereocenters. The fourth-order valence-corrected chi connectivity index (χ4v) is 5.38. The Bertz CT molecular complexity index is 1450. The van der Waals surface area contributed by atoms with Gasteiger partial charge in [-0.25, -0.2) is 13.8 Å². The first-order chi connectivity index (χ1) is 20.4. The summed E-state index contributed by atoms with van der Waals surface area (Å²) in [6.45, 7) is 5.08. The van der Waals surface area contributed by atoms with Gasteiger partial charge in [-0.05, 0) is 63.3 Å². The number of amides is 2. The first-order valence-electron chi connectivity index (χ1n) is 14.0. The van der Waals surface area contributed by atoms with Crippen molar-refractivity contribution in [3.63, 3.8) is 0 Å². The van der Waals surface area contributed by atoms with Gasteiger partial charge in [0.25, 0.3) is 5.91 Å². The van der Waals surface area contributed by atoms with Gasteiger partial charge < -0.3 is 15.6 Å². The summed E-state index contributed by atoms with van der Waals surface area (Å²) in [6.07, 6.45) is -12.1. The van der Waals surface area contributed by atoms with Gasteiger partial charge in [0, 0.05) is 31.5 Å². The van der Waals surface area contributed by atoms with E-state index < -0.39 is 54.5 Å². The maximum Gasteiger partial charge on any atom is 0.400 e. The number of imidazole rings is 1. The van der Waals surface area contributed by atoms with Gasteiger partial charge in [-0.3, -0.25) is 14.3 Å². The van der Waals surface area contributed by atoms with E-state index in [2.05, 4.69) is 25.7 Å². The lowest BCUT2D eigenvalue weighted by atomic mass is 9.81. The number of carbonyl (C=O) groups excluding carboxylic acids is 2. The molecule has 4 rings (SSSR count). The summed E-state index contributed by atoms with van der Waals surface area (Å²) in [6, 6.07) is 4.20. The molecule has 0 radical (unpaired) electrons. The number of carbonyl (C=O) groups is 2. The van der Waals surface area contributed by atoms with Gasteiger partial charge in [0.15, 0.2) is 5.92 Å². The van der Waals surface area contributed by atoms with Gasteiger partial charge in [-0.15, -0.1) is 0 Å².